The first-order valence-electron chi connectivity index (χ1n) is 10.2. The number of aromatic nitrogens is 2. The largest absolute Gasteiger partial charge is 0.441 e. The van der Waals surface area contributed by atoms with E-state index in [-0.39, 0.29) is 11.7 Å². The summed E-state index contributed by atoms with van der Waals surface area (Å²) in [7, 11) is -1.20. The molecule has 1 amide bonds. The van der Waals surface area contributed by atoms with Crippen molar-refractivity contribution in [2.24, 2.45) is 0 Å². The average molecular weight is 446 g/mol. The first-order valence-corrected chi connectivity index (χ1v) is 11.5. The second-order valence-electron chi connectivity index (χ2n) is 7.41. The Hall–Kier alpha value is -3.58. The van der Waals surface area contributed by atoms with E-state index in [1.807, 2.05) is 56.3 Å². The Morgan fingerprint density at radius 3 is 2.44 bits per heavy atom. The van der Waals surface area contributed by atoms with Gasteiger partial charge in [0.1, 0.15) is 5.76 Å². The molecule has 0 saturated heterocycles. The van der Waals surface area contributed by atoms with Crippen molar-refractivity contribution in [2.45, 2.75) is 31.0 Å². The van der Waals surface area contributed by atoms with Crippen LogP contribution in [0.25, 0.3) is 11.5 Å². The van der Waals surface area contributed by atoms with E-state index in [0.717, 1.165) is 21.7 Å². The van der Waals surface area contributed by atoms with Crippen molar-refractivity contribution in [3.63, 3.8) is 0 Å². The third kappa shape index (κ3) is 5.18. The molecule has 0 radical (unpaired) electrons. The number of oxazole rings is 1. The lowest BCUT2D eigenvalue weighted by Gasteiger charge is -2.05. The fraction of sp³-hybridized carbons (Fsp3) is 0.160. The Bertz CT molecular complexity index is 1230. The van der Waals surface area contributed by atoms with Crippen LogP contribution in [0, 0.1) is 13.8 Å². The lowest BCUT2D eigenvalue weighted by atomic mass is 10.1. The van der Waals surface area contributed by atoms with Crippen molar-refractivity contribution in [3.8, 4) is 11.5 Å². The molecule has 0 spiro atoms. The standard InChI is InChI=1S/C25H23N3O3S/c1-17-6-12-22(13-7-17)32(30)16-23-18(2)31-25(28-23)20-10-8-19(9-11-20)24(29)27-15-21-5-3-4-14-26-21/h3-14H,15-16H2,1-2H3,(H,27,29). The topological polar surface area (TPSA) is 85.1 Å². The number of aryl methyl sites for hydroxylation is 2. The summed E-state index contributed by atoms with van der Waals surface area (Å²) >= 11 is 0. The van der Waals surface area contributed by atoms with E-state index >= 15 is 0 Å². The Morgan fingerprint density at radius 2 is 1.75 bits per heavy atom. The highest BCUT2D eigenvalue weighted by Crippen LogP contribution is 2.24. The van der Waals surface area contributed by atoms with Crippen LogP contribution in [0.15, 0.2) is 82.2 Å². The summed E-state index contributed by atoms with van der Waals surface area (Å²) < 4.78 is 18.5. The molecule has 2 aromatic carbocycles. The van der Waals surface area contributed by atoms with E-state index in [9.17, 15) is 9.00 Å². The van der Waals surface area contributed by atoms with E-state index in [2.05, 4.69) is 15.3 Å². The van der Waals surface area contributed by atoms with Crippen molar-refractivity contribution in [1.29, 1.82) is 0 Å². The minimum atomic E-state index is -1.20. The smallest absolute Gasteiger partial charge is 0.251 e. The van der Waals surface area contributed by atoms with Gasteiger partial charge in [0.05, 0.1) is 34.5 Å². The Balaban J connectivity index is 1.42. The summed E-state index contributed by atoms with van der Waals surface area (Å²) in [6, 6.07) is 20.3. The highest BCUT2D eigenvalue weighted by atomic mass is 32.2. The van der Waals surface area contributed by atoms with Crippen LogP contribution in [-0.2, 0) is 23.1 Å². The molecule has 0 aliphatic carbocycles. The van der Waals surface area contributed by atoms with Crippen LogP contribution in [0.4, 0.5) is 0 Å². The first-order chi connectivity index (χ1) is 15.5. The number of nitrogens with zero attached hydrogens (tertiary/aromatic N) is 2. The summed E-state index contributed by atoms with van der Waals surface area (Å²) in [5, 5.41) is 2.85. The molecular weight excluding hydrogens is 422 g/mol. The van der Waals surface area contributed by atoms with Crippen molar-refractivity contribution < 1.29 is 13.4 Å². The van der Waals surface area contributed by atoms with Crippen LogP contribution < -0.4 is 5.32 Å². The Labute approximate surface area is 189 Å². The van der Waals surface area contributed by atoms with Crippen LogP contribution >= 0.6 is 0 Å². The molecule has 0 aliphatic rings. The predicted octanol–water partition coefficient (Wildman–Crippen LogP) is 4.59. The van der Waals surface area contributed by atoms with Crippen molar-refractivity contribution in [2.75, 3.05) is 0 Å². The van der Waals surface area contributed by atoms with E-state index in [0.29, 0.717) is 29.5 Å². The minimum absolute atomic E-state index is 0.181. The summed E-state index contributed by atoms with van der Waals surface area (Å²) in [6.45, 7) is 4.18. The van der Waals surface area contributed by atoms with E-state index in [1.54, 1.807) is 30.5 Å². The molecule has 2 aromatic heterocycles. The second kappa shape index (κ2) is 9.70. The molecule has 4 rings (SSSR count). The molecule has 32 heavy (non-hydrogen) atoms. The van der Waals surface area contributed by atoms with Crippen LogP contribution in [-0.4, -0.2) is 20.1 Å². The number of amides is 1. The molecule has 1 N–H and O–H groups in total. The normalized spacial score (nSPS) is 11.8. The summed E-state index contributed by atoms with van der Waals surface area (Å²) in [5.41, 5.74) is 3.87. The van der Waals surface area contributed by atoms with Gasteiger partial charge in [0.25, 0.3) is 5.91 Å². The van der Waals surface area contributed by atoms with Crippen LogP contribution in [0.5, 0.6) is 0 Å². The SMILES string of the molecule is Cc1ccc(S(=O)Cc2nc(-c3ccc(C(=O)NCc4ccccn4)cc3)oc2C)cc1. The highest BCUT2D eigenvalue weighted by Gasteiger charge is 2.16. The third-order valence-corrected chi connectivity index (χ3v) is 6.33. The fourth-order valence-electron chi connectivity index (χ4n) is 3.12. The van der Waals surface area contributed by atoms with Gasteiger partial charge in [0.15, 0.2) is 0 Å². The fourth-order valence-corrected chi connectivity index (χ4v) is 4.25. The van der Waals surface area contributed by atoms with Gasteiger partial charge in [-0.05, 0) is 62.4 Å². The molecule has 0 aliphatic heterocycles. The maximum absolute atomic E-state index is 12.7. The van der Waals surface area contributed by atoms with Crippen molar-refractivity contribution in [3.05, 3.63) is 101 Å². The summed E-state index contributed by atoms with van der Waals surface area (Å²) in [5.74, 6) is 1.18. The maximum atomic E-state index is 12.7. The van der Waals surface area contributed by atoms with Crippen LogP contribution in [0.1, 0.15) is 33.1 Å². The molecule has 2 heterocycles. The minimum Gasteiger partial charge on any atom is -0.441 e. The summed E-state index contributed by atoms with van der Waals surface area (Å²) in [4.78, 5) is 21.9. The van der Waals surface area contributed by atoms with Gasteiger partial charge in [-0.25, -0.2) is 4.98 Å². The zero-order chi connectivity index (χ0) is 22.5. The van der Waals surface area contributed by atoms with Gasteiger partial charge in [-0.15, -0.1) is 0 Å². The number of benzene rings is 2. The lowest BCUT2D eigenvalue weighted by molar-refractivity contribution is 0.0950. The third-order valence-electron chi connectivity index (χ3n) is 4.99. The second-order valence-corrected chi connectivity index (χ2v) is 8.86. The molecule has 1 unspecified atom stereocenters. The van der Waals surface area contributed by atoms with E-state index < -0.39 is 10.8 Å². The quantitative estimate of drug-likeness (QED) is 0.450. The number of hydrogen-bond donors (Lipinski definition) is 1. The Kier molecular flexibility index (Phi) is 6.56. The zero-order valence-corrected chi connectivity index (χ0v) is 18.7. The van der Waals surface area contributed by atoms with Gasteiger partial charge in [0.2, 0.25) is 5.89 Å². The van der Waals surface area contributed by atoms with Crippen LogP contribution in [0.2, 0.25) is 0 Å². The molecule has 4 aromatic rings. The van der Waals surface area contributed by atoms with Gasteiger partial charge < -0.3 is 9.73 Å². The van der Waals surface area contributed by atoms with Crippen LogP contribution in [0.3, 0.4) is 0 Å². The molecule has 1 atom stereocenters. The monoisotopic (exact) mass is 445 g/mol. The van der Waals surface area contributed by atoms with Crippen molar-refractivity contribution in [1.82, 2.24) is 15.3 Å². The molecule has 162 valence electrons. The molecule has 0 saturated carbocycles. The number of nitrogens with one attached hydrogen (secondary N) is 1. The lowest BCUT2D eigenvalue weighted by Crippen LogP contribution is -2.23. The van der Waals surface area contributed by atoms with Gasteiger partial charge in [-0.1, -0.05) is 23.8 Å². The summed E-state index contributed by atoms with van der Waals surface area (Å²) in [6.07, 6.45) is 1.69. The maximum Gasteiger partial charge on any atom is 0.251 e. The average Bonchev–Trinajstić information content (AvgIpc) is 3.18. The number of carbonyl (C=O) groups is 1. The number of carbonyl (C=O) groups excluding carboxylic acids is 1. The highest BCUT2D eigenvalue weighted by molar-refractivity contribution is 7.84. The zero-order valence-electron chi connectivity index (χ0n) is 17.9. The van der Waals surface area contributed by atoms with Gasteiger partial charge >= 0.3 is 0 Å². The van der Waals surface area contributed by atoms with Gasteiger partial charge in [0, 0.05) is 22.2 Å². The molecule has 0 bridgehead atoms. The molecule has 0 fully saturated rings. The Morgan fingerprint density at radius 1 is 1.00 bits per heavy atom. The van der Waals surface area contributed by atoms with E-state index in [4.69, 9.17) is 4.42 Å². The van der Waals surface area contributed by atoms with Gasteiger partial charge in [-0.3, -0.25) is 14.0 Å². The van der Waals surface area contributed by atoms with Crippen molar-refractivity contribution >= 4 is 16.7 Å². The number of pyridine rings is 1. The van der Waals surface area contributed by atoms with E-state index in [1.165, 1.54) is 0 Å². The first kappa shape index (κ1) is 21.6. The number of rotatable bonds is 7. The molecule has 7 heteroatoms. The number of hydrogen-bond acceptors (Lipinski definition) is 5. The molecular formula is C25H23N3O3S. The predicted molar refractivity (Wildman–Crippen MR) is 123 cm³/mol. The molecule has 6 nitrogen and oxygen atoms in total. The van der Waals surface area contributed by atoms with Gasteiger partial charge in [-0.2, -0.15) is 0 Å².